The van der Waals surface area contributed by atoms with Gasteiger partial charge in [-0.3, -0.25) is 0 Å². The third-order valence-electron chi connectivity index (χ3n) is 14.5. The van der Waals surface area contributed by atoms with Gasteiger partial charge in [0.05, 0.1) is 0 Å². The summed E-state index contributed by atoms with van der Waals surface area (Å²) in [5, 5.41) is 0. The van der Waals surface area contributed by atoms with Crippen molar-refractivity contribution in [3.8, 4) is 44.5 Å². The quantitative estimate of drug-likeness (QED) is 0.155. The minimum Gasteiger partial charge on any atom is -0.310 e. The predicted molar refractivity (Wildman–Crippen MR) is 277 cm³/mol. The van der Waals surface area contributed by atoms with Gasteiger partial charge in [-0.05, 0) is 155 Å². The lowest BCUT2D eigenvalue weighted by Crippen LogP contribution is -2.16. The van der Waals surface area contributed by atoms with Crippen molar-refractivity contribution in [2.24, 2.45) is 0 Å². The molecule has 0 bridgehead atoms. The normalized spacial score (nSPS) is 15.2. The molecule has 0 amide bonds. The zero-order valence-electron chi connectivity index (χ0n) is 40.5. The van der Waals surface area contributed by atoms with Gasteiger partial charge in [-0.25, -0.2) is 0 Å². The van der Waals surface area contributed by atoms with Crippen LogP contribution < -0.4 is 4.90 Å². The van der Waals surface area contributed by atoms with Crippen molar-refractivity contribution in [3.05, 3.63) is 185 Å². The Morgan fingerprint density at radius 1 is 0.391 bits per heavy atom. The SMILES string of the molecule is CC(C)(C)c1cc(-c2ccc(N(c3ccc(-c4ccc(C5CCCCC5)cc4)cc3)c3ccc4c(c3)C(C)(C)c3ccccc3-4)cc2)cc(-c2cc(C(C)(C)C)cc(C(C)(C)C)c2)c1. The number of benzene rings is 7. The smallest absolute Gasteiger partial charge is 0.0465 e. The lowest BCUT2D eigenvalue weighted by atomic mass is 9.78. The highest BCUT2D eigenvalue weighted by molar-refractivity contribution is 5.86. The molecule has 326 valence electrons. The molecule has 0 radical (unpaired) electrons. The van der Waals surface area contributed by atoms with Gasteiger partial charge >= 0.3 is 0 Å². The van der Waals surface area contributed by atoms with E-state index in [1.807, 2.05) is 0 Å². The molecule has 2 aliphatic carbocycles. The van der Waals surface area contributed by atoms with Crippen LogP contribution in [0.1, 0.15) is 148 Å². The van der Waals surface area contributed by atoms with Crippen LogP contribution in [0.3, 0.4) is 0 Å². The molecular weight excluding hydrogens is 771 g/mol. The fraction of sp³-hybridized carbons (Fsp3) is 0.333. The first-order valence-electron chi connectivity index (χ1n) is 24.0. The Kier molecular flexibility index (Phi) is 11.2. The van der Waals surface area contributed by atoms with Crippen LogP contribution in [0.25, 0.3) is 44.5 Å². The predicted octanol–water partition coefficient (Wildman–Crippen LogP) is 18.4. The second-order valence-electron chi connectivity index (χ2n) is 22.6. The number of hydrogen-bond donors (Lipinski definition) is 0. The summed E-state index contributed by atoms with van der Waals surface area (Å²) >= 11 is 0. The van der Waals surface area contributed by atoms with Gasteiger partial charge in [0.25, 0.3) is 0 Å². The average Bonchev–Trinajstić information content (AvgIpc) is 3.51. The number of fused-ring (bicyclic) bond motifs is 3. The average molecular weight is 840 g/mol. The molecule has 7 aromatic rings. The van der Waals surface area contributed by atoms with Crippen molar-refractivity contribution >= 4 is 17.1 Å². The Hall–Kier alpha value is -5.66. The molecule has 0 atom stereocenters. The van der Waals surface area contributed by atoms with Gasteiger partial charge < -0.3 is 4.90 Å². The highest BCUT2D eigenvalue weighted by Crippen LogP contribution is 2.51. The molecule has 0 spiro atoms. The summed E-state index contributed by atoms with van der Waals surface area (Å²) in [5.74, 6) is 0.715. The summed E-state index contributed by atoms with van der Waals surface area (Å²) < 4.78 is 0. The Bertz CT molecular complexity index is 2760. The Morgan fingerprint density at radius 2 is 0.812 bits per heavy atom. The van der Waals surface area contributed by atoms with E-state index in [1.165, 1.54) is 116 Å². The molecule has 0 aromatic heterocycles. The van der Waals surface area contributed by atoms with Crippen LogP contribution in [-0.2, 0) is 21.7 Å². The highest BCUT2D eigenvalue weighted by Gasteiger charge is 2.36. The molecule has 1 fully saturated rings. The topological polar surface area (TPSA) is 3.24 Å². The van der Waals surface area contributed by atoms with Crippen LogP contribution in [0, 0.1) is 0 Å². The highest BCUT2D eigenvalue weighted by atomic mass is 15.1. The first kappa shape index (κ1) is 43.6. The third kappa shape index (κ3) is 8.52. The van der Waals surface area contributed by atoms with Crippen LogP contribution in [0.5, 0.6) is 0 Å². The van der Waals surface area contributed by atoms with E-state index in [2.05, 4.69) is 233 Å². The molecule has 0 heterocycles. The number of nitrogens with zero attached hydrogens (tertiary/aromatic N) is 1. The summed E-state index contributed by atoms with van der Waals surface area (Å²) in [7, 11) is 0. The molecule has 1 nitrogen and oxygen atoms in total. The van der Waals surface area contributed by atoms with Crippen LogP contribution in [-0.4, -0.2) is 0 Å². The van der Waals surface area contributed by atoms with E-state index >= 15 is 0 Å². The molecule has 7 aromatic carbocycles. The van der Waals surface area contributed by atoms with Crippen molar-refractivity contribution in [2.75, 3.05) is 4.90 Å². The molecule has 1 heteroatoms. The maximum atomic E-state index is 2.45. The van der Waals surface area contributed by atoms with Gasteiger partial charge in [-0.15, -0.1) is 0 Å². The van der Waals surface area contributed by atoms with Gasteiger partial charge in [-0.1, -0.05) is 205 Å². The summed E-state index contributed by atoms with van der Waals surface area (Å²) in [4.78, 5) is 2.45. The first-order chi connectivity index (χ1) is 30.3. The Labute approximate surface area is 385 Å². The van der Waals surface area contributed by atoms with E-state index < -0.39 is 0 Å². The summed E-state index contributed by atoms with van der Waals surface area (Å²) in [5.41, 5.74) is 22.0. The van der Waals surface area contributed by atoms with Crippen molar-refractivity contribution in [1.29, 1.82) is 0 Å². The third-order valence-corrected chi connectivity index (χ3v) is 14.5. The Morgan fingerprint density at radius 3 is 1.34 bits per heavy atom. The fourth-order valence-electron chi connectivity index (χ4n) is 10.3. The minimum atomic E-state index is -0.0963. The van der Waals surface area contributed by atoms with Crippen LogP contribution in [0.4, 0.5) is 17.1 Å². The van der Waals surface area contributed by atoms with Gasteiger partial charge in [0.2, 0.25) is 0 Å². The van der Waals surface area contributed by atoms with E-state index in [1.54, 1.807) is 0 Å². The maximum absolute atomic E-state index is 2.45. The lowest BCUT2D eigenvalue weighted by molar-refractivity contribution is 0.443. The summed E-state index contributed by atoms with van der Waals surface area (Å²) in [6, 6.07) is 58.5. The minimum absolute atomic E-state index is 0.0133. The van der Waals surface area contributed by atoms with Crippen molar-refractivity contribution in [2.45, 2.75) is 136 Å². The van der Waals surface area contributed by atoms with E-state index in [0.29, 0.717) is 5.92 Å². The van der Waals surface area contributed by atoms with E-state index in [9.17, 15) is 0 Å². The number of rotatable bonds is 7. The largest absolute Gasteiger partial charge is 0.310 e. The van der Waals surface area contributed by atoms with Crippen LogP contribution >= 0.6 is 0 Å². The molecule has 9 rings (SSSR count). The fourth-order valence-corrected chi connectivity index (χ4v) is 10.3. The molecule has 64 heavy (non-hydrogen) atoms. The number of hydrogen-bond acceptors (Lipinski definition) is 1. The van der Waals surface area contributed by atoms with Crippen molar-refractivity contribution in [3.63, 3.8) is 0 Å². The molecule has 1 saturated carbocycles. The summed E-state index contributed by atoms with van der Waals surface area (Å²) in [6.45, 7) is 25.7. The zero-order valence-corrected chi connectivity index (χ0v) is 40.5. The van der Waals surface area contributed by atoms with E-state index in [4.69, 9.17) is 0 Å². The van der Waals surface area contributed by atoms with Crippen LogP contribution in [0.2, 0.25) is 0 Å². The zero-order chi connectivity index (χ0) is 45.2. The monoisotopic (exact) mass is 840 g/mol. The lowest BCUT2D eigenvalue weighted by Gasteiger charge is -2.28. The second-order valence-corrected chi connectivity index (χ2v) is 22.6. The number of anilines is 3. The van der Waals surface area contributed by atoms with E-state index in [0.717, 1.165) is 11.4 Å². The first-order valence-corrected chi connectivity index (χ1v) is 24.0. The Balaban J connectivity index is 1.11. The summed E-state index contributed by atoms with van der Waals surface area (Å²) in [6.07, 6.45) is 6.76. The molecule has 0 aliphatic heterocycles. The maximum Gasteiger partial charge on any atom is 0.0465 e. The molecule has 0 unspecified atom stereocenters. The van der Waals surface area contributed by atoms with Crippen molar-refractivity contribution in [1.82, 2.24) is 0 Å². The van der Waals surface area contributed by atoms with E-state index in [-0.39, 0.29) is 21.7 Å². The molecule has 2 aliphatic rings. The van der Waals surface area contributed by atoms with Gasteiger partial charge in [-0.2, -0.15) is 0 Å². The molecular formula is C63H69N. The van der Waals surface area contributed by atoms with Crippen LogP contribution in [0.15, 0.2) is 152 Å². The van der Waals surface area contributed by atoms with Gasteiger partial charge in [0.15, 0.2) is 0 Å². The standard InChI is InChI=1S/C63H69N/c1-60(2,3)50-36-47(35-48(37-50)49-38-51(61(4,5)6)40-52(39-49)62(7,8)9)46-27-31-54(32-28-46)64(55-33-34-57-56-19-15-16-20-58(56)63(10,11)59(57)41-55)53-29-25-45(26-30-53)44-23-21-43(22-24-44)42-17-13-12-14-18-42/h15-16,19-42H,12-14,17-18H2,1-11H3. The van der Waals surface area contributed by atoms with Crippen molar-refractivity contribution < 1.29 is 0 Å². The van der Waals surface area contributed by atoms with Gasteiger partial charge in [0.1, 0.15) is 0 Å². The van der Waals surface area contributed by atoms with Gasteiger partial charge in [0, 0.05) is 22.5 Å². The molecule has 0 N–H and O–H groups in total. The molecule has 0 saturated heterocycles. The second kappa shape index (κ2) is 16.4.